The summed E-state index contributed by atoms with van der Waals surface area (Å²) in [6.45, 7) is 5.91. The standard InChI is InChI=1S/C14H24F3NO2/c1-10(2)18-8-6-11(7-9-18)12(19)4-5-13(20-3)14(15,16)17/h10-11,13H,4-9H2,1-3H3. The summed E-state index contributed by atoms with van der Waals surface area (Å²) in [5.74, 6) is -0.143. The lowest BCUT2D eigenvalue weighted by molar-refractivity contribution is -0.214. The number of ketones is 1. The van der Waals surface area contributed by atoms with Gasteiger partial charge in [0.15, 0.2) is 6.10 Å². The SMILES string of the molecule is COC(CCC(=O)C1CCN(C(C)C)CC1)C(F)(F)F. The number of ether oxygens (including phenoxy) is 1. The Bertz CT molecular complexity index is 310. The minimum Gasteiger partial charge on any atom is -0.372 e. The number of likely N-dealkylation sites (tertiary alicyclic amines) is 1. The average Bonchev–Trinajstić information content (AvgIpc) is 2.37. The maximum absolute atomic E-state index is 12.5. The van der Waals surface area contributed by atoms with Gasteiger partial charge in [0, 0.05) is 25.5 Å². The number of Topliss-reactive ketones (excluding diaryl/α,β-unsaturated/α-hetero) is 1. The first-order valence-electron chi connectivity index (χ1n) is 7.12. The second-order valence-corrected chi connectivity index (χ2v) is 5.67. The van der Waals surface area contributed by atoms with E-state index in [9.17, 15) is 18.0 Å². The maximum Gasteiger partial charge on any atom is 0.414 e. The quantitative estimate of drug-likeness (QED) is 0.754. The lowest BCUT2D eigenvalue weighted by Crippen LogP contribution is -2.40. The molecular weight excluding hydrogens is 271 g/mol. The second kappa shape index (κ2) is 7.41. The van der Waals surface area contributed by atoms with Crippen LogP contribution < -0.4 is 0 Å². The topological polar surface area (TPSA) is 29.5 Å². The molecule has 1 heterocycles. The smallest absolute Gasteiger partial charge is 0.372 e. The van der Waals surface area contributed by atoms with Gasteiger partial charge in [-0.3, -0.25) is 4.79 Å². The van der Waals surface area contributed by atoms with Gasteiger partial charge < -0.3 is 9.64 Å². The molecule has 0 bridgehead atoms. The first-order valence-corrected chi connectivity index (χ1v) is 7.12. The lowest BCUT2D eigenvalue weighted by Gasteiger charge is -2.34. The Kier molecular flexibility index (Phi) is 6.45. The molecule has 0 amide bonds. The summed E-state index contributed by atoms with van der Waals surface area (Å²) in [6.07, 6.45) is -5.05. The van der Waals surface area contributed by atoms with Crippen LogP contribution in [0, 0.1) is 5.92 Å². The third-order valence-electron chi connectivity index (χ3n) is 4.02. The van der Waals surface area contributed by atoms with Gasteiger partial charge in [-0.1, -0.05) is 0 Å². The fourth-order valence-corrected chi connectivity index (χ4v) is 2.63. The number of carbonyl (C=O) groups excluding carboxylic acids is 1. The van der Waals surface area contributed by atoms with Gasteiger partial charge in [0.25, 0.3) is 0 Å². The third kappa shape index (κ3) is 5.05. The number of methoxy groups -OCH3 is 1. The molecule has 1 aliphatic heterocycles. The highest BCUT2D eigenvalue weighted by Gasteiger charge is 2.40. The van der Waals surface area contributed by atoms with Crippen molar-refractivity contribution in [1.82, 2.24) is 4.90 Å². The van der Waals surface area contributed by atoms with Gasteiger partial charge in [-0.05, 0) is 46.2 Å². The van der Waals surface area contributed by atoms with E-state index in [-0.39, 0.29) is 24.5 Å². The number of piperidine rings is 1. The molecule has 0 aromatic heterocycles. The van der Waals surface area contributed by atoms with E-state index < -0.39 is 12.3 Å². The van der Waals surface area contributed by atoms with Crippen molar-refractivity contribution in [2.24, 2.45) is 5.92 Å². The molecule has 118 valence electrons. The first kappa shape index (κ1) is 17.4. The van der Waals surface area contributed by atoms with Crippen LogP contribution in [0.5, 0.6) is 0 Å². The van der Waals surface area contributed by atoms with Crippen LogP contribution in [0.15, 0.2) is 0 Å². The molecule has 1 unspecified atom stereocenters. The Morgan fingerprint density at radius 3 is 2.25 bits per heavy atom. The van der Waals surface area contributed by atoms with Crippen molar-refractivity contribution in [2.45, 2.75) is 57.9 Å². The molecule has 0 aromatic rings. The van der Waals surface area contributed by atoms with Gasteiger partial charge in [0.2, 0.25) is 0 Å². The van der Waals surface area contributed by atoms with Crippen molar-refractivity contribution >= 4 is 5.78 Å². The van der Waals surface area contributed by atoms with Gasteiger partial charge in [-0.15, -0.1) is 0 Å². The van der Waals surface area contributed by atoms with Crippen molar-refractivity contribution in [3.63, 3.8) is 0 Å². The van der Waals surface area contributed by atoms with Crippen LogP contribution in [-0.4, -0.2) is 49.2 Å². The molecular formula is C14H24F3NO2. The third-order valence-corrected chi connectivity index (χ3v) is 4.02. The van der Waals surface area contributed by atoms with E-state index in [1.165, 1.54) is 0 Å². The number of alkyl halides is 3. The molecule has 1 fully saturated rings. The predicted molar refractivity (Wildman–Crippen MR) is 70.5 cm³/mol. The minimum absolute atomic E-state index is 0.0512. The van der Waals surface area contributed by atoms with Crippen molar-refractivity contribution in [3.8, 4) is 0 Å². The molecule has 0 radical (unpaired) electrons. The predicted octanol–water partition coefficient (Wildman–Crippen LogP) is 3.03. The highest BCUT2D eigenvalue weighted by Crippen LogP contribution is 2.27. The molecule has 1 aliphatic rings. The van der Waals surface area contributed by atoms with Gasteiger partial charge >= 0.3 is 6.18 Å². The molecule has 0 spiro atoms. The van der Waals surface area contributed by atoms with Crippen LogP contribution in [0.25, 0.3) is 0 Å². The normalized spacial score (nSPS) is 20.4. The van der Waals surface area contributed by atoms with Crippen LogP contribution in [0.3, 0.4) is 0 Å². The molecule has 0 saturated carbocycles. The Morgan fingerprint density at radius 2 is 1.85 bits per heavy atom. The monoisotopic (exact) mass is 295 g/mol. The van der Waals surface area contributed by atoms with Crippen LogP contribution in [0.1, 0.15) is 39.5 Å². The van der Waals surface area contributed by atoms with Crippen LogP contribution >= 0.6 is 0 Å². The zero-order chi connectivity index (χ0) is 15.3. The van der Waals surface area contributed by atoms with Gasteiger partial charge in [0.05, 0.1) is 0 Å². The average molecular weight is 295 g/mol. The van der Waals surface area contributed by atoms with E-state index in [1.54, 1.807) is 0 Å². The van der Waals surface area contributed by atoms with E-state index in [4.69, 9.17) is 0 Å². The summed E-state index contributed by atoms with van der Waals surface area (Å²) < 4.78 is 41.9. The van der Waals surface area contributed by atoms with E-state index in [1.807, 2.05) is 0 Å². The zero-order valence-corrected chi connectivity index (χ0v) is 12.4. The van der Waals surface area contributed by atoms with Crippen molar-refractivity contribution in [3.05, 3.63) is 0 Å². The Hall–Kier alpha value is -0.620. The molecule has 3 nitrogen and oxygen atoms in total. The summed E-state index contributed by atoms with van der Waals surface area (Å²) in [4.78, 5) is 14.3. The largest absolute Gasteiger partial charge is 0.414 e. The maximum atomic E-state index is 12.5. The fraction of sp³-hybridized carbons (Fsp3) is 0.929. The fourth-order valence-electron chi connectivity index (χ4n) is 2.63. The summed E-state index contributed by atoms with van der Waals surface area (Å²) in [7, 11) is 1.03. The van der Waals surface area contributed by atoms with E-state index in [2.05, 4.69) is 23.5 Å². The molecule has 20 heavy (non-hydrogen) atoms. The van der Waals surface area contributed by atoms with Gasteiger partial charge in [-0.2, -0.15) is 13.2 Å². The minimum atomic E-state index is -4.39. The summed E-state index contributed by atoms with van der Waals surface area (Å²) in [5, 5.41) is 0. The molecule has 1 rings (SSSR count). The molecule has 1 saturated heterocycles. The molecule has 1 atom stereocenters. The molecule has 0 aliphatic carbocycles. The van der Waals surface area contributed by atoms with Crippen molar-refractivity contribution < 1.29 is 22.7 Å². The molecule has 0 aromatic carbocycles. The van der Waals surface area contributed by atoms with Crippen LogP contribution in [-0.2, 0) is 9.53 Å². The van der Waals surface area contributed by atoms with Crippen LogP contribution in [0.4, 0.5) is 13.2 Å². The summed E-state index contributed by atoms with van der Waals surface area (Å²) in [6, 6.07) is 0.453. The number of halogens is 3. The number of carbonyl (C=O) groups is 1. The summed E-state index contributed by atoms with van der Waals surface area (Å²) >= 11 is 0. The van der Waals surface area contributed by atoms with E-state index in [0.717, 1.165) is 33.0 Å². The molecule has 6 heteroatoms. The van der Waals surface area contributed by atoms with Crippen molar-refractivity contribution in [2.75, 3.05) is 20.2 Å². The van der Waals surface area contributed by atoms with Gasteiger partial charge in [0.1, 0.15) is 5.78 Å². The first-order chi connectivity index (χ1) is 9.25. The molecule has 0 N–H and O–H groups in total. The number of hydrogen-bond acceptors (Lipinski definition) is 3. The Morgan fingerprint density at radius 1 is 1.30 bits per heavy atom. The van der Waals surface area contributed by atoms with Crippen LogP contribution in [0.2, 0.25) is 0 Å². The van der Waals surface area contributed by atoms with E-state index >= 15 is 0 Å². The Balaban J connectivity index is 2.37. The number of hydrogen-bond donors (Lipinski definition) is 0. The Labute approximate surface area is 118 Å². The highest BCUT2D eigenvalue weighted by atomic mass is 19.4. The number of rotatable bonds is 6. The second-order valence-electron chi connectivity index (χ2n) is 5.67. The number of nitrogens with zero attached hydrogens (tertiary/aromatic N) is 1. The lowest BCUT2D eigenvalue weighted by atomic mass is 9.89. The van der Waals surface area contributed by atoms with Gasteiger partial charge in [-0.25, -0.2) is 0 Å². The summed E-state index contributed by atoms with van der Waals surface area (Å²) in [5.41, 5.74) is 0. The van der Waals surface area contributed by atoms with Crippen molar-refractivity contribution in [1.29, 1.82) is 0 Å². The highest BCUT2D eigenvalue weighted by molar-refractivity contribution is 5.81. The van der Waals surface area contributed by atoms with E-state index in [0.29, 0.717) is 6.04 Å². The zero-order valence-electron chi connectivity index (χ0n) is 12.4.